The number of fused-ring (bicyclic) bond motifs is 3. The summed E-state index contributed by atoms with van der Waals surface area (Å²) in [7, 11) is 3.26. The van der Waals surface area contributed by atoms with Crippen LogP contribution in [0.25, 0.3) is 11.8 Å². The molecule has 0 bridgehead atoms. The summed E-state index contributed by atoms with van der Waals surface area (Å²) in [5.41, 5.74) is 5.25. The van der Waals surface area contributed by atoms with Crippen molar-refractivity contribution < 1.29 is 13.9 Å². The van der Waals surface area contributed by atoms with Crippen molar-refractivity contribution >= 4 is 23.1 Å². The molecule has 1 unspecified atom stereocenters. The maximum atomic E-state index is 13.8. The lowest BCUT2D eigenvalue weighted by Crippen LogP contribution is -2.39. The van der Waals surface area contributed by atoms with Crippen molar-refractivity contribution in [1.82, 2.24) is 4.57 Å². The Bertz CT molecular complexity index is 1670. The van der Waals surface area contributed by atoms with Gasteiger partial charge in [-0.25, -0.2) is 4.99 Å². The molecule has 1 aliphatic heterocycles. The van der Waals surface area contributed by atoms with Gasteiger partial charge in [-0.3, -0.25) is 9.36 Å². The van der Waals surface area contributed by atoms with Gasteiger partial charge in [0.1, 0.15) is 11.5 Å². The molecule has 4 aromatic rings. The Kier molecular flexibility index (Phi) is 5.22. The monoisotopic (exact) mass is 484 g/mol. The highest BCUT2D eigenvalue weighted by Gasteiger charge is 2.34. The highest BCUT2D eigenvalue weighted by Crippen LogP contribution is 2.45. The topological polar surface area (TPSA) is 66.0 Å². The molecule has 0 saturated heterocycles. The largest absolute Gasteiger partial charge is 0.493 e. The number of thiazole rings is 1. The van der Waals surface area contributed by atoms with Crippen LogP contribution in [0, 0.1) is 6.92 Å². The zero-order valence-electron chi connectivity index (χ0n) is 19.7. The minimum absolute atomic E-state index is 0.0944. The Labute approximate surface area is 206 Å². The average Bonchev–Trinajstić information content (AvgIpc) is 3.44. The van der Waals surface area contributed by atoms with Gasteiger partial charge in [-0.05, 0) is 49.1 Å². The van der Waals surface area contributed by atoms with Crippen LogP contribution in [-0.4, -0.2) is 18.8 Å². The van der Waals surface area contributed by atoms with Crippen LogP contribution < -0.4 is 24.4 Å². The van der Waals surface area contributed by atoms with Gasteiger partial charge < -0.3 is 13.9 Å². The lowest BCUT2D eigenvalue weighted by molar-refractivity contribution is 0.348. The molecule has 0 N–H and O–H groups in total. The zero-order valence-corrected chi connectivity index (χ0v) is 20.5. The number of hydrogen-bond acceptors (Lipinski definition) is 6. The minimum Gasteiger partial charge on any atom is -0.493 e. The third-order valence-electron chi connectivity index (χ3n) is 6.64. The normalized spacial score (nSPS) is 16.9. The first kappa shape index (κ1) is 21.7. The molecule has 2 aromatic heterocycles. The number of rotatable bonds is 4. The molecule has 6 nitrogen and oxygen atoms in total. The number of aromatic nitrogens is 1. The van der Waals surface area contributed by atoms with Gasteiger partial charge in [0.15, 0.2) is 16.3 Å². The molecular formula is C28H24N2O4S. The Morgan fingerprint density at radius 3 is 2.69 bits per heavy atom. The fourth-order valence-electron chi connectivity index (χ4n) is 5.09. The Morgan fingerprint density at radius 1 is 1.06 bits per heavy atom. The van der Waals surface area contributed by atoms with Gasteiger partial charge >= 0.3 is 0 Å². The van der Waals surface area contributed by atoms with Crippen molar-refractivity contribution in [3.05, 3.63) is 108 Å². The molecular weight excluding hydrogens is 460 g/mol. The second kappa shape index (κ2) is 8.43. The SMILES string of the molecule is COc1cccc(C2C3=C(N=c4s/c(=C/c5ccc(C)o5)c(=O)n42)c2ccccc2CC3)c1OC. The number of allylic oxidation sites excluding steroid dienone is 1. The number of nitrogens with zero attached hydrogens (tertiary/aromatic N) is 2. The van der Waals surface area contributed by atoms with E-state index in [4.69, 9.17) is 18.9 Å². The zero-order chi connectivity index (χ0) is 24.1. The second-order valence-electron chi connectivity index (χ2n) is 8.64. The van der Waals surface area contributed by atoms with E-state index in [-0.39, 0.29) is 11.6 Å². The Balaban J connectivity index is 1.67. The highest BCUT2D eigenvalue weighted by atomic mass is 32.1. The molecule has 1 aliphatic carbocycles. The molecule has 0 radical (unpaired) electrons. The van der Waals surface area contributed by atoms with Crippen molar-refractivity contribution in [2.24, 2.45) is 4.99 Å². The van der Waals surface area contributed by atoms with Crippen LogP contribution in [0.15, 0.2) is 74.4 Å². The fraction of sp³-hybridized carbons (Fsp3) is 0.214. The number of hydrogen-bond donors (Lipinski definition) is 0. The van der Waals surface area contributed by atoms with Crippen LogP contribution in [0.4, 0.5) is 0 Å². The number of benzene rings is 2. The van der Waals surface area contributed by atoms with E-state index in [0.717, 1.165) is 41.0 Å². The third kappa shape index (κ3) is 3.46. The van der Waals surface area contributed by atoms with Crippen molar-refractivity contribution in [2.75, 3.05) is 14.2 Å². The number of para-hydroxylation sites is 1. The van der Waals surface area contributed by atoms with Gasteiger partial charge in [0, 0.05) is 17.2 Å². The van der Waals surface area contributed by atoms with E-state index >= 15 is 0 Å². The van der Waals surface area contributed by atoms with Crippen LogP contribution in [0.5, 0.6) is 11.5 Å². The number of methoxy groups -OCH3 is 2. The summed E-state index contributed by atoms with van der Waals surface area (Å²) >= 11 is 1.38. The highest BCUT2D eigenvalue weighted by molar-refractivity contribution is 7.07. The number of ether oxygens (including phenoxy) is 2. The molecule has 1 atom stereocenters. The summed E-state index contributed by atoms with van der Waals surface area (Å²) in [6.07, 6.45) is 3.50. The molecule has 6 rings (SSSR count). The van der Waals surface area contributed by atoms with Gasteiger partial charge in [0.05, 0.1) is 30.5 Å². The first-order valence-electron chi connectivity index (χ1n) is 11.5. The van der Waals surface area contributed by atoms with E-state index in [1.54, 1.807) is 24.9 Å². The predicted octanol–water partition coefficient (Wildman–Crippen LogP) is 4.24. The fourth-order valence-corrected chi connectivity index (χ4v) is 6.07. The van der Waals surface area contributed by atoms with Gasteiger partial charge in [-0.1, -0.05) is 47.7 Å². The molecule has 176 valence electrons. The van der Waals surface area contributed by atoms with E-state index in [1.807, 2.05) is 43.3 Å². The smallest absolute Gasteiger partial charge is 0.271 e. The predicted molar refractivity (Wildman–Crippen MR) is 136 cm³/mol. The molecule has 2 aromatic carbocycles. The maximum Gasteiger partial charge on any atom is 0.271 e. The summed E-state index contributed by atoms with van der Waals surface area (Å²) in [6.45, 7) is 1.89. The van der Waals surface area contributed by atoms with E-state index in [1.165, 1.54) is 16.9 Å². The van der Waals surface area contributed by atoms with Crippen molar-refractivity contribution in [3.8, 4) is 11.5 Å². The van der Waals surface area contributed by atoms with E-state index < -0.39 is 0 Å². The lowest BCUT2D eigenvalue weighted by Gasteiger charge is -2.31. The van der Waals surface area contributed by atoms with Crippen molar-refractivity contribution in [3.63, 3.8) is 0 Å². The van der Waals surface area contributed by atoms with Crippen molar-refractivity contribution in [2.45, 2.75) is 25.8 Å². The molecule has 3 heterocycles. The van der Waals surface area contributed by atoms with Crippen LogP contribution in [-0.2, 0) is 6.42 Å². The molecule has 35 heavy (non-hydrogen) atoms. The molecule has 0 saturated carbocycles. The summed E-state index contributed by atoms with van der Waals surface area (Å²) in [5.74, 6) is 2.71. The summed E-state index contributed by atoms with van der Waals surface area (Å²) in [6, 6.07) is 17.6. The summed E-state index contributed by atoms with van der Waals surface area (Å²) in [4.78, 5) is 19.5. The first-order valence-corrected chi connectivity index (χ1v) is 12.3. The molecule has 7 heteroatoms. The van der Waals surface area contributed by atoms with E-state index in [2.05, 4.69) is 18.2 Å². The quantitative estimate of drug-likeness (QED) is 0.435. The minimum atomic E-state index is -0.347. The molecule has 2 aliphatic rings. The molecule has 0 amide bonds. The van der Waals surface area contributed by atoms with Gasteiger partial charge in [-0.15, -0.1) is 0 Å². The van der Waals surface area contributed by atoms with Crippen LogP contribution in [0.3, 0.4) is 0 Å². The average molecular weight is 485 g/mol. The third-order valence-corrected chi connectivity index (χ3v) is 7.62. The van der Waals surface area contributed by atoms with E-state index in [9.17, 15) is 4.79 Å². The van der Waals surface area contributed by atoms with Crippen molar-refractivity contribution in [1.29, 1.82) is 0 Å². The Morgan fingerprint density at radius 2 is 1.91 bits per heavy atom. The number of aryl methyl sites for hydroxylation is 2. The second-order valence-corrected chi connectivity index (χ2v) is 9.65. The van der Waals surface area contributed by atoms with Crippen LogP contribution in [0.1, 0.15) is 40.7 Å². The molecule has 0 fully saturated rings. The Hall–Kier alpha value is -3.84. The van der Waals surface area contributed by atoms with Crippen LogP contribution >= 0.6 is 11.3 Å². The van der Waals surface area contributed by atoms with Gasteiger partial charge in [-0.2, -0.15) is 0 Å². The van der Waals surface area contributed by atoms with Gasteiger partial charge in [0.2, 0.25) is 0 Å². The van der Waals surface area contributed by atoms with Crippen LogP contribution in [0.2, 0.25) is 0 Å². The lowest BCUT2D eigenvalue weighted by atomic mass is 9.83. The molecule has 0 spiro atoms. The number of furan rings is 1. The maximum absolute atomic E-state index is 13.8. The standard InChI is InChI=1S/C28H24N2O4S/c1-16-11-13-18(34-16)15-23-27(31)30-25(21-9-6-10-22(32-2)26(21)33-3)20-14-12-17-7-4-5-8-19(17)24(20)29-28(30)35-23/h4-11,13,15,25H,12,14H2,1-3H3/b23-15+. The summed E-state index contributed by atoms with van der Waals surface area (Å²) < 4.78 is 19.5. The summed E-state index contributed by atoms with van der Waals surface area (Å²) in [5, 5.41) is 0. The van der Waals surface area contributed by atoms with E-state index in [0.29, 0.717) is 26.6 Å². The first-order chi connectivity index (χ1) is 17.1. The van der Waals surface area contributed by atoms with Gasteiger partial charge in [0.25, 0.3) is 5.56 Å².